The van der Waals surface area contributed by atoms with Gasteiger partial charge in [0.2, 0.25) is 11.8 Å². The largest absolute Gasteiger partial charge is 0.325 e. The third kappa shape index (κ3) is 3.66. The Kier molecular flexibility index (Phi) is 5.27. The highest BCUT2D eigenvalue weighted by atomic mass is 79.9. The van der Waals surface area contributed by atoms with Gasteiger partial charge in [-0.05, 0) is 46.3 Å². The number of anilines is 2. The first-order valence-electron chi connectivity index (χ1n) is 7.26. The van der Waals surface area contributed by atoms with E-state index in [1.54, 1.807) is 23.1 Å². The van der Waals surface area contributed by atoms with E-state index >= 15 is 0 Å². The summed E-state index contributed by atoms with van der Waals surface area (Å²) in [4.78, 5) is 26.4. The third-order valence-corrected chi connectivity index (χ3v) is 5.33. The van der Waals surface area contributed by atoms with Crippen molar-refractivity contribution in [3.8, 4) is 0 Å². The summed E-state index contributed by atoms with van der Waals surface area (Å²) in [7, 11) is 0. The van der Waals surface area contributed by atoms with Crippen LogP contribution in [0.4, 0.5) is 11.4 Å². The predicted octanol–water partition coefficient (Wildman–Crippen LogP) is 4.86. The maximum atomic E-state index is 12.5. The number of halogens is 3. The maximum absolute atomic E-state index is 12.5. The highest BCUT2D eigenvalue weighted by Crippen LogP contribution is 2.32. The van der Waals surface area contributed by atoms with Crippen molar-refractivity contribution in [2.45, 2.75) is 6.42 Å². The Bertz CT molecular complexity index is 813. The van der Waals surface area contributed by atoms with Crippen LogP contribution >= 0.6 is 43.5 Å². The summed E-state index contributed by atoms with van der Waals surface area (Å²) in [6.45, 7) is 0.319. The van der Waals surface area contributed by atoms with Crippen LogP contribution in [0.15, 0.2) is 51.4 Å². The topological polar surface area (TPSA) is 49.4 Å². The van der Waals surface area contributed by atoms with Crippen molar-refractivity contribution in [3.05, 3.63) is 56.4 Å². The van der Waals surface area contributed by atoms with Crippen molar-refractivity contribution >= 4 is 66.6 Å². The zero-order chi connectivity index (χ0) is 17.3. The van der Waals surface area contributed by atoms with Crippen molar-refractivity contribution in [1.82, 2.24) is 0 Å². The molecule has 1 atom stereocenters. The molecule has 1 N–H and O–H groups in total. The van der Waals surface area contributed by atoms with E-state index in [0.29, 0.717) is 22.9 Å². The van der Waals surface area contributed by atoms with Crippen LogP contribution in [0.1, 0.15) is 6.42 Å². The van der Waals surface area contributed by atoms with Crippen molar-refractivity contribution in [2.24, 2.45) is 5.92 Å². The normalized spacial score (nSPS) is 17.2. The number of hydrogen-bond donors (Lipinski definition) is 1. The van der Waals surface area contributed by atoms with Gasteiger partial charge in [-0.1, -0.05) is 39.7 Å². The third-order valence-electron chi connectivity index (χ3n) is 3.83. The number of carbonyl (C=O) groups is 2. The van der Waals surface area contributed by atoms with Gasteiger partial charge in [0.15, 0.2) is 0 Å². The molecule has 1 unspecified atom stereocenters. The van der Waals surface area contributed by atoms with Crippen LogP contribution in [0.25, 0.3) is 0 Å². The minimum absolute atomic E-state index is 0.100. The van der Waals surface area contributed by atoms with Crippen molar-refractivity contribution in [2.75, 3.05) is 16.8 Å². The van der Waals surface area contributed by atoms with Crippen molar-refractivity contribution in [1.29, 1.82) is 0 Å². The summed E-state index contributed by atoms with van der Waals surface area (Å²) in [5, 5.41) is 3.37. The SMILES string of the molecule is O=C(Nc1cc(Br)ccc1Br)C1CC(=O)N(c2ccccc2Cl)C1. The zero-order valence-electron chi connectivity index (χ0n) is 12.4. The van der Waals surface area contributed by atoms with Crippen LogP contribution < -0.4 is 10.2 Å². The standard InChI is InChI=1S/C17H13Br2ClN2O2/c18-11-5-6-12(19)14(8-11)21-17(24)10-7-16(23)22(9-10)15-4-2-1-3-13(15)20/h1-6,8,10H,7,9H2,(H,21,24). The monoisotopic (exact) mass is 470 g/mol. The molecule has 0 aliphatic carbocycles. The molecular weight excluding hydrogens is 459 g/mol. The van der Waals surface area contributed by atoms with Crippen LogP contribution in [0.3, 0.4) is 0 Å². The molecule has 24 heavy (non-hydrogen) atoms. The fourth-order valence-corrected chi connectivity index (χ4v) is 3.56. The fraction of sp³-hybridized carbons (Fsp3) is 0.176. The van der Waals surface area contributed by atoms with Gasteiger partial charge in [0.25, 0.3) is 0 Å². The Labute approximate surface area is 161 Å². The van der Waals surface area contributed by atoms with Gasteiger partial charge in [-0.2, -0.15) is 0 Å². The lowest BCUT2D eigenvalue weighted by atomic mass is 10.1. The van der Waals surface area contributed by atoms with Gasteiger partial charge in [0, 0.05) is 21.9 Å². The van der Waals surface area contributed by atoms with Crippen molar-refractivity contribution in [3.63, 3.8) is 0 Å². The van der Waals surface area contributed by atoms with Crippen LogP contribution in [-0.2, 0) is 9.59 Å². The molecule has 2 aromatic rings. The molecule has 0 radical (unpaired) electrons. The van der Waals surface area contributed by atoms with E-state index in [2.05, 4.69) is 37.2 Å². The fourth-order valence-electron chi connectivity index (χ4n) is 2.61. The second-order valence-electron chi connectivity index (χ2n) is 5.47. The van der Waals surface area contributed by atoms with Crippen LogP contribution in [0.5, 0.6) is 0 Å². The van der Waals surface area contributed by atoms with E-state index < -0.39 is 5.92 Å². The number of rotatable bonds is 3. The first-order chi connectivity index (χ1) is 11.5. The Balaban J connectivity index is 1.75. The van der Waals surface area contributed by atoms with E-state index in [0.717, 1.165) is 8.95 Å². The summed E-state index contributed by atoms with van der Waals surface area (Å²) in [6, 6.07) is 12.7. The second-order valence-corrected chi connectivity index (χ2v) is 7.65. The molecule has 1 heterocycles. The first kappa shape index (κ1) is 17.5. The molecule has 124 valence electrons. The van der Waals surface area contributed by atoms with Gasteiger partial charge < -0.3 is 10.2 Å². The molecule has 1 aliphatic heterocycles. The lowest BCUT2D eigenvalue weighted by Crippen LogP contribution is -2.28. The minimum Gasteiger partial charge on any atom is -0.325 e. The molecule has 0 bridgehead atoms. The van der Waals surface area contributed by atoms with E-state index in [1.165, 1.54) is 0 Å². The molecule has 4 nitrogen and oxygen atoms in total. The molecule has 0 spiro atoms. The quantitative estimate of drug-likeness (QED) is 0.694. The molecule has 0 saturated carbocycles. The van der Waals surface area contributed by atoms with Crippen molar-refractivity contribution < 1.29 is 9.59 Å². The maximum Gasteiger partial charge on any atom is 0.229 e. The summed E-state index contributed by atoms with van der Waals surface area (Å²) >= 11 is 12.9. The van der Waals surface area contributed by atoms with E-state index in [-0.39, 0.29) is 18.2 Å². The van der Waals surface area contributed by atoms with Crippen LogP contribution in [0.2, 0.25) is 5.02 Å². The molecule has 2 amide bonds. The molecule has 1 aliphatic rings. The second kappa shape index (κ2) is 7.25. The number of nitrogens with one attached hydrogen (secondary N) is 1. The van der Waals surface area contributed by atoms with Gasteiger partial charge in [0.1, 0.15) is 0 Å². The molecule has 0 aromatic heterocycles. The number of amides is 2. The average Bonchev–Trinajstić information content (AvgIpc) is 2.93. The van der Waals surface area contributed by atoms with E-state index in [4.69, 9.17) is 11.6 Å². The number of carbonyl (C=O) groups excluding carboxylic acids is 2. The lowest BCUT2D eigenvalue weighted by Gasteiger charge is -2.18. The highest BCUT2D eigenvalue weighted by molar-refractivity contribution is 9.11. The number of hydrogen-bond acceptors (Lipinski definition) is 2. The number of para-hydroxylation sites is 1. The lowest BCUT2D eigenvalue weighted by molar-refractivity contribution is -0.122. The van der Waals surface area contributed by atoms with Gasteiger partial charge in [0.05, 0.1) is 22.3 Å². The molecule has 3 rings (SSSR count). The van der Waals surface area contributed by atoms with Gasteiger partial charge >= 0.3 is 0 Å². The van der Waals surface area contributed by atoms with E-state index in [1.807, 2.05) is 24.3 Å². The molecule has 2 aromatic carbocycles. The van der Waals surface area contributed by atoms with E-state index in [9.17, 15) is 9.59 Å². The smallest absolute Gasteiger partial charge is 0.229 e. The predicted molar refractivity (Wildman–Crippen MR) is 102 cm³/mol. The molecule has 1 saturated heterocycles. The summed E-state index contributed by atoms with van der Waals surface area (Å²) in [6.07, 6.45) is 0.169. The summed E-state index contributed by atoms with van der Waals surface area (Å²) in [5.41, 5.74) is 1.31. The minimum atomic E-state index is -0.417. The highest BCUT2D eigenvalue weighted by Gasteiger charge is 2.36. The average molecular weight is 473 g/mol. The van der Waals surface area contributed by atoms with Crippen LogP contribution in [-0.4, -0.2) is 18.4 Å². The van der Waals surface area contributed by atoms with Gasteiger partial charge in [-0.3, -0.25) is 9.59 Å². The van der Waals surface area contributed by atoms with Gasteiger partial charge in [-0.15, -0.1) is 0 Å². The molecular formula is C17H13Br2ClN2O2. The molecule has 7 heteroatoms. The molecule has 1 fully saturated rings. The Morgan fingerprint density at radius 2 is 1.96 bits per heavy atom. The Morgan fingerprint density at radius 1 is 1.21 bits per heavy atom. The zero-order valence-corrected chi connectivity index (χ0v) is 16.4. The first-order valence-corrected chi connectivity index (χ1v) is 9.23. The summed E-state index contributed by atoms with van der Waals surface area (Å²) in [5.74, 6) is -0.701. The van der Waals surface area contributed by atoms with Crippen LogP contribution in [0, 0.1) is 5.92 Å². The number of nitrogens with zero attached hydrogens (tertiary/aromatic N) is 1. The Hall–Kier alpha value is -1.37. The number of benzene rings is 2. The summed E-state index contributed by atoms with van der Waals surface area (Å²) < 4.78 is 1.65. The Morgan fingerprint density at radius 3 is 2.71 bits per heavy atom. The van der Waals surface area contributed by atoms with Gasteiger partial charge in [-0.25, -0.2) is 0 Å².